The van der Waals surface area contributed by atoms with Gasteiger partial charge in [-0.25, -0.2) is 0 Å². The Kier molecular flexibility index (Phi) is 7.43. The van der Waals surface area contributed by atoms with Crippen molar-refractivity contribution in [1.29, 1.82) is 0 Å². The minimum Gasteiger partial charge on any atom is -0.309 e. The minimum atomic E-state index is 1.14. The summed E-state index contributed by atoms with van der Waals surface area (Å²) in [7, 11) is 0. The van der Waals surface area contributed by atoms with Gasteiger partial charge in [0.15, 0.2) is 0 Å². The average molecular weight is 811 g/mol. The quantitative estimate of drug-likeness (QED) is 0.157. The molecule has 296 valence electrons. The van der Waals surface area contributed by atoms with Crippen LogP contribution in [0.4, 0.5) is 0 Å². The lowest BCUT2D eigenvalue weighted by molar-refractivity contribution is 1.18. The van der Waals surface area contributed by atoms with Crippen molar-refractivity contribution in [3.05, 3.63) is 231 Å². The molecule has 0 N–H and O–H groups in total. The first-order chi connectivity index (χ1) is 31.8. The zero-order valence-electron chi connectivity index (χ0n) is 34.8. The van der Waals surface area contributed by atoms with Crippen LogP contribution < -0.4 is 0 Å². The van der Waals surface area contributed by atoms with Crippen molar-refractivity contribution < 1.29 is 0 Å². The van der Waals surface area contributed by atoms with E-state index in [2.05, 4.69) is 240 Å². The molecule has 0 aliphatic heterocycles. The second kappa shape index (κ2) is 13.5. The Morgan fingerprint density at radius 3 is 1.44 bits per heavy atom. The summed E-state index contributed by atoms with van der Waals surface area (Å²) in [6.45, 7) is 0. The fourth-order valence-corrected chi connectivity index (χ4v) is 11.0. The zero-order valence-corrected chi connectivity index (χ0v) is 34.8. The predicted molar refractivity (Wildman–Crippen MR) is 274 cm³/mol. The van der Waals surface area contributed by atoms with E-state index >= 15 is 0 Å². The van der Waals surface area contributed by atoms with E-state index in [0.29, 0.717) is 0 Å². The van der Waals surface area contributed by atoms with E-state index in [1.165, 1.54) is 125 Å². The van der Waals surface area contributed by atoms with Gasteiger partial charge in [-0.15, -0.1) is 0 Å². The highest BCUT2D eigenvalue weighted by molar-refractivity contribution is 6.36. The summed E-state index contributed by atoms with van der Waals surface area (Å²) in [4.78, 5) is 0. The van der Waals surface area contributed by atoms with Crippen LogP contribution in [0.3, 0.4) is 0 Å². The first-order valence-electron chi connectivity index (χ1n) is 22.2. The SMILES string of the molecule is c1ccc(-n2c3ccccc3c3ccc(-c4ccc5c(c4)c4ccccc4n5-c4ccc(-c5cc6c7ccccc7c7ccccc7c6c6c5ccc5ccccc56)cc4)cc32)cc1. The van der Waals surface area contributed by atoms with Crippen LogP contribution in [0.5, 0.6) is 0 Å². The third-order valence-corrected chi connectivity index (χ3v) is 13.9. The fourth-order valence-electron chi connectivity index (χ4n) is 11.0. The molecular formula is C62H38N2. The molecule has 0 radical (unpaired) electrons. The molecule has 2 nitrogen and oxygen atoms in total. The molecule has 2 heterocycles. The van der Waals surface area contributed by atoms with Crippen molar-refractivity contribution in [2.75, 3.05) is 0 Å². The lowest BCUT2D eigenvalue weighted by Crippen LogP contribution is -1.94. The summed E-state index contributed by atoms with van der Waals surface area (Å²) in [5.74, 6) is 0. The van der Waals surface area contributed by atoms with Crippen LogP contribution in [0.1, 0.15) is 0 Å². The Morgan fingerprint density at radius 2 is 0.688 bits per heavy atom. The second-order valence-corrected chi connectivity index (χ2v) is 17.2. The van der Waals surface area contributed by atoms with Crippen molar-refractivity contribution in [3.8, 4) is 33.6 Å². The van der Waals surface area contributed by atoms with Gasteiger partial charge in [-0.3, -0.25) is 0 Å². The minimum absolute atomic E-state index is 1.14. The first kappa shape index (κ1) is 35.2. The molecule has 12 aromatic carbocycles. The third kappa shape index (κ3) is 5.02. The Hall–Kier alpha value is -8.46. The zero-order chi connectivity index (χ0) is 41.9. The average Bonchev–Trinajstić information content (AvgIpc) is 3.88. The van der Waals surface area contributed by atoms with Crippen LogP contribution in [0.15, 0.2) is 231 Å². The maximum atomic E-state index is 2.45. The van der Waals surface area contributed by atoms with E-state index in [-0.39, 0.29) is 0 Å². The van der Waals surface area contributed by atoms with Crippen molar-refractivity contribution >= 4 is 97.5 Å². The van der Waals surface area contributed by atoms with Gasteiger partial charge in [0.1, 0.15) is 0 Å². The van der Waals surface area contributed by atoms with Crippen LogP contribution in [-0.2, 0) is 0 Å². The van der Waals surface area contributed by atoms with Gasteiger partial charge in [0, 0.05) is 32.9 Å². The number of benzene rings is 12. The number of aromatic nitrogens is 2. The molecule has 0 aliphatic rings. The Morgan fingerprint density at radius 1 is 0.219 bits per heavy atom. The molecule has 0 unspecified atom stereocenters. The smallest absolute Gasteiger partial charge is 0.0547 e. The standard InChI is InChI=1S/C62H38N2/c1-2-15-43(16-3-1)64-57-24-12-10-21-49(57)51-33-29-42(37-60(51)64)41-30-35-59-55(36-41)50-22-11-13-25-58(50)63(59)44-31-26-40(27-32-44)54-38-56-48-20-7-6-18-46(48)47-19-8-9-23-52(47)62(56)61-45-17-5-4-14-39(45)28-34-53(54)61/h1-38H. The number of hydrogen-bond donors (Lipinski definition) is 0. The fraction of sp³-hybridized carbons (Fsp3) is 0. The Labute approximate surface area is 369 Å². The topological polar surface area (TPSA) is 9.86 Å². The molecule has 0 saturated carbocycles. The first-order valence-corrected chi connectivity index (χ1v) is 22.2. The summed E-state index contributed by atoms with van der Waals surface area (Å²) >= 11 is 0. The number of fused-ring (bicyclic) bond motifs is 16. The number of nitrogens with zero attached hydrogens (tertiary/aromatic N) is 2. The predicted octanol–water partition coefficient (Wildman–Crippen LogP) is 17.0. The van der Waals surface area contributed by atoms with Crippen molar-refractivity contribution in [2.45, 2.75) is 0 Å². The van der Waals surface area contributed by atoms with E-state index in [4.69, 9.17) is 0 Å². The molecule has 2 aromatic heterocycles. The van der Waals surface area contributed by atoms with Crippen LogP contribution >= 0.6 is 0 Å². The molecule has 0 aliphatic carbocycles. The molecule has 64 heavy (non-hydrogen) atoms. The molecule has 0 spiro atoms. The number of para-hydroxylation sites is 3. The Bertz CT molecular complexity index is 4220. The van der Waals surface area contributed by atoms with Gasteiger partial charge in [-0.05, 0) is 137 Å². The van der Waals surface area contributed by atoms with Gasteiger partial charge >= 0.3 is 0 Å². The van der Waals surface area contributed by atoms with Crippen molar-refractivity contribution in [1.82, 2.24) is 9.13 Å². The lowest BCUT2D eigenvalue weighted by atomic mass is 9.85. The van der Waals surface area contributed by atoms with Crippen LogP contribution in [0.25, 0.3) is 131 Å². The molecule has 0 amide bonds. The van der Waals surface area contributed by atoms with E-state index in [1.807, 2.05) is 0 Å². The summed E-state index contributed by atoms with van der Waals surface area (Å²) in [5, 5.41) is 17.9. The van der Waals surface area contributed by atoms with Gasteiger partial charge in [-0.1, -0.05) is 170 Å². The molecule has 14 rings (SSSR count). The highest BCUT2D eigenvalue weighted by atomic mass is 15.0. The van der Waals surface area contributed by atoms with E-state index < -0.39 is 0 Å². The Balaban J connectivity index is 0.940. The highest BCUT2D eigenvalue weighted by Crippen LogP contribution is 2.46. The van der Waals surface area contributed by atoms with Gasteiger partial charge < -0.3 is 9.13 Å². The van der Waals surface area contributed by atoms with Gasteiger partial charge in [0.25, 0.3) is 0 Å². The molecule has 0 bridgehead atoms. The summed E-state index contributed by atoms with van der Waals surface area (Å²) in [6, 6.07) is 85.3. The molecule has 0 fully saturated rings. The maximum absolute atomic E-state index is 2.45. The summed E-state index contributed by atoms with van der Waals surface area (Å²) < 4.78 is 4.83. The van der Waals surface area contributed by atoms with Crippen molar-refractivity contribution in [3.63, 3.8) is 0 Å². The monoisotopic (exact) mass is 810 g/mol. The second-order valence-electron chi connectivity index (χ2n) is 17.2. The van der Waals surface area contributed by atoms with E-state index in [1.54, 1.807) is 0 Å². The van der Waals surface area contributed by atoms with E-state index in [9.17, 15) is 0 Å². The van der Waals surface area contributed by atoms with Crippen LogP contribution in [0, 0.1) is 0 Å². The molecule has 2 heteroatoms. The lowest BCUT2D eigenvalue weighted by Gasteiger charge is -2.18. The highest BCUT2D eigenvalue weighted by Gasteiger charge is 2.19. The normalized spacial score (nSPS) is 12.1. The largest absolute Gasteiger partial charge is 0.309 e. The maximum Gasteiger partial charge on any atom is 0.0547 e. The molecule has 0 atom stereocenters. The molecule has 14 aromatic rings. The van der Waals surface area contributed by atoms with E-state index in [0.717, 1.165) is 5.69 Å². The molecular weight excluding hydrogens is 773 g/mol. The summed E-state index contributed by atoms with van der Waals surface area (Å²) in [5.41, 5.74) is 12.0. The number of rotatable bonds is 4. The van der Waals surface area contributed by atoms with Gasteiger partial charge in [-0.2, -0.15) is 0 Å². The summed E-state index contributed by atoms with van der Waals surface area (Å²) in [6.07, 6.45) is 0. The number of hydrogen-bond acceptors (Lipinski definition) is 0. The van der Waals surface area contributed by atoms with Gasteiger partial charge in [0.05, 0.1) is 22.1 Å². The van der Waals surface area contributed by atoms with Crippen LogP contribution in [0.2, 0.25) is 0 Å². The molecule has 0 saturated heterocycles. The van der Waals surface area contributed by atoms with Crippen LogP contribution in [-0.4, -0.2) is 9.13 Å². The third-order valence-electron chi connectivity index (χ3n) is 13.9. The van der Waals surface area contributed by atoms with Gasteiger partial charge in [0.2, 0.25) is 0 Å². The van der Waals surface area contributed by atoms with Crippen molar-refractivity contribution in [2.24, 2.45) is 0 Å².